The Morgan fingerprint density at radius 1 is 1.21 bits per heavy atom. The molecule has 0 aliphatic heterocycles. The average molecular weight is 261 g/mol. The molecule has 0 spiro atoms. The van der Waals surface area contributed by atoms with Crippen molar-refractivity contribution in [2.45, 2.75) is 51.6 Å². The Morgan fingerprint density at radius 2 is 1.84 bits per heavy atom. The second-order valence-corrected chi connectivity index (χ2v) is 5.70. The minimum Gasteiger partial charge on any atom is -0.544 e. The second-order valence-electron chi connectivity index (χ2n) is 5.70. The number of carbonyl (C=O) groups excluding carboxylic acids is 1. The summed E-state index contributed by atoms with van der Waals surface area (Å²) in [4.78, 5) is 12.1. The van der Waals surface area contributed by atoms with Crippen molar-refractivity contribution in [2.24, 2.45) is 0 Å². The Morgan fingerprint density at radius 3 is 2.42 bits per heavy atom. The third-order valence-corrected chi connectivity index (χ3v) is 4.11. The third kappa shape index (κ3) is 4.35. The lowest BCUT2D eigenvalue weighted by molar-refractivity contribution is -0.934. The van der Waals surface area contributed by atoms with Crippen molar-refractivity contribution in [1.29, 1.82) is 0 Å². The first-order valence-corrected chi connectivity index (χ1v) is 7.25. The summed E-state index contributed by atoms with van der Waals surface area (Å²) in [6.07, 6.45) is 6.05. The summed E-state index contributed by atoms with van der Waals surface area (Å²) < 4.78 is 0. The van der Waals surface area contributed by atoms with Crippen LogP contribution in [0.5, 0.6) is 0 Å². The fourth-order valence-corrected chi connectivity index (χ4v) is 3.02. The van der Waals surface area contributed by atoms with Crippen molar-refractivity contribution in [3.05, 3.63) is 35.4 Å². The summed E-state index contributed by atoms with van der Waals surface area (Å²) in [6, 6.07) is 8.87. The second kappa shape index (κ2) is 6.71. The molecule has 1 N–H and O–H groups in total. The molecule has 19 heavy (non-hydrogen) atoms. The molecule has 1 unspecified atom stereocenters. The van der Waals surface area contributed by atoms with E-state index in [1.54, 1.807) is 0 Å². The van der Waals surface area contributed by atoms with E-state index in [2.05, 4.69) is 31.2 Å². The highest BCUT2D eigenvalue weighted by molar-refractivity contribution is 5.65. The van der Waals surface area contributed by atoms with Crippen LogP contribution in [0.25, 0.3) is 0 Å². The van der Waals surface area contributed by atoms with E-state index in [4.69, 9.17) is 0 Å². The molecular formula is C16H23NO2. The van der Waals surface area contributed by atoms with Crippen molar-refractivity contribution >= 4 is 5.97 Å². The predicted octanol–water partition coefficient (Wildman–Crippen LogP) is 0.463. The Hall–Kier alpha value is -1.35. The molecule has 104 valence electrons. The molecule has 2 rings (SSSR count). The van der Waals surface area contributed by atoms with Gasteiger partial charge in [-0.05, 0) is 32.6 Å². The van der Waals surface area contributed by atoms with Gasteiger partial charge in [-0.25, -0.2) is 0 Å². The van der Waals surface area contributed by atoms with E-state index < -0.39 is 5.97 Å². The van der Waals surface area contributed by atoms with Gasteiger partial charge < -0.3 is 14.8 Å². The van der Waals surface area contributed by atoms with Gasteiger partial charge in [-0.3, -0.25) is 0 Å². The standard InChI is InChI=1S/C16H23NO2/c1-13-7-9-14(10-8-13)11-17(12-16(18)19)15-5-3-2-4-6-15/h7-10,15H,2-6,11-12H2,1H3,(H,18,19). The van der Waals surface area contributed by atoms with Crippen LogP contribution in [-0.2, 0) is 11.3 Å². The topological polar surface area (TPSA) is 44.6 Å². The van der Waals surface area contributed by atoms with Gasteiger partial charge in [0.15, 0.2) is 0 Å². The van der Waals surface area contributed by atoms with Crippen LogP contribution in [0.2, 0.25) is 0 Å². The number of hydrogen-bond acceptors (Lipinski definition) is 2. The first-order valence-electron chi connectivity index (χ1n) is 7.25. The fourth-order valence-electron chi connectivity index (χ4n) is 3.02. The fraction of sp³-hybridized carbons (Fsp3) is 0.562. The van der Waals surface area contributed by atoms with Crippen molar-refractivity contribution in [2.75, 3.05) is 6.54 Å². The highest BCUT2D eigenvalue weighted by atomic mass is 16.4. The normalized spacial score (nSPS) is 18.2. The number of carbonyl (C=O) groups is 1. The molecule has 0 radical (unpaired) electrons. The number of hydrogen-bond donors (Lipinski definition) is 1. The smallest absolute Gasteiger partial charge is 0.118 e. The monoisotopic (exact) mass is 261 g/mol. The lowest BCUT2D eigenvalue weighted by Gasteiger charge is -2.31. The summed E-state index contributed by atoms with van der Waals surface area (Å²) in [5.41, 5.74) is 2.45. The highest BCUT2D eigenvalue weighted by Crippen LogP contribution is 2.15. The van der Waals surface area contributed by atoms with Gasteiger partial charge in [-0.15, -0.1) is 0 Å². The maximum absolute atomic E-state index is 11.0. The van der Waals surface area contributed by atoms with Crippen LogP contribution in [0.15, 0.2) is 24.3 Å². The molecule has 1 aromatic rings. The zero-order chi connectivity index (χ0) is 13.7. The predicted molar refractivity (Wildman–Crippen MR) is 72.6 cm³/mol. The first kappa shape index (κ1) is 14.1. The van der Waals surface area contributed by atoms with Gasteiger partial charge >= 0.3 is 0 Å². The van der Waals surface area contributed by atoms with Crippen LogP contribution in [0.3, 0.4) is 0 Å². The molecule has 1 fully saturated rings. The number of benzene rings is 1. The minimum atomic E-state index is -0.937. The molecule has 1 aliphatic carbocycles. The molecule has 1 aliphatic rings. The molecule has 1 aromatic carbocycles. The van der Waals surface area contributed by atoms with Gasteiger partial charge in [0.1, 0.15) is 13.1 Å². The van der Waals surface area contributed by atoms with Crippen LogP contribution >= 0.6 is 0 Å². The molecule has 3 nitrogen and oxygen atoms in total. The molecule has 3 heteroatoms. The first-order chi connectivity index (χ1) is 9.15. The quantitative estimate of drug-likeness (QED) is 0.837. The van der Waals surface area contributed by atoms with E-state index in [1.165, 1.54) is 30.4 Å². The molecule has 1 atom stereocenters. The SMILES string of the molecule is Cc1ccc(C[NH+](CC(=O)[O-])C2CCCCC2)cc1. The molecule has 0 amide bonds. The maximum Gasteiger partial charge on any atom is 0.118 e. The number of aliphatic carboxylic acids is 1. The number of aryl methyl sites for hydroxylation is 1. The zero-order valence-electron chi connectivity index (χ0n) is 11.7. The molecular weight excluding hydrogens is 238 g/mol. The number of carboxylic acids is 1. The van der Waals surface area contributed by atoms with Crippen molar-refractivity contribution in [3.8, 4) is 0 Å². The lowest BCUT2D eigenvalue weighted by atomic mass is 9.94. The van der Waals surface area contributed by atoms with E-state index in [9.17, 15) is 9.90 Å². The van der Waals surface area contributed by atoms with Gasteiger partial charge in [0.25, 0.3) is 0 Å². The lowest BCUT2D eigenvalue weighted by Crippen LogP contribution is -3.15. The number of rotatable bonds is 5. The van der Waals surface area contributed by atoms with E-state index in [0.29, 0.717) is 6.04 Å². The summed E-state index contributed by atoms with van der Waals surface area (Å²) in [7, 11) is 0. The van der Waals surface area contributed by atoms with Gasteiger partial charge in [0.2, 0.25) is 0 Å². The van der Waals surface area contributed by atoms with Crippen LogP contribution in [0.1, 0.15) is 43.2 Å². The summed E-state index contributed by atoms with van der Waals surface area (Å²) in [5, 5.41) is 11.0. The zero-order valence-corrected chi connectivity index (χ0v) is 11.7. The number of quaternary nitrogens is 1. The van der Waals surface area contributed by atoms with Gasteiger partial charge in [-0.1, -0.05) is 36.2 Å². The van der Waals surface area contributed by atoms with Crippen LogP contribution in [-0.4, -0.2) is 18.6 Å². The molecule has 0 aromatic heterocycles. The Kier molecular flexibility index (Phi) is 4.97. The summed E-state index contributed by atoms with van der Waals surface area (Å²) in [6.45, 7) is 2.98. The molecule has 0 bridgehead atoms. The largest absolute Gasteiger partial charge is 0.544 e. The van der Waals surface area contributed by atoms with Crippen molar-refractivity contribution in [1.82, 2.24) is 0 Å². The van der Waals surface area contributed by atoms with Crippen molar-refractivity contribution < 1.29 is 14.8 Å². The minimum absolute atomic E-state index is 0.124. The molecule has 0 saturated heterocycles. The summed E-state index contributed by atoms with van der Waals surface area (Å²) in [5.74, 6) is -0.937. The van der Waals surface area contributed by atoms with E-state index in [1.807, 2.05) is 0 Å². The van der Waals surface area contributed by atoms with Crippen LogP contribution < -0.4 is 10.0 Å². The maximum atomic E-state index is 11.0. The molecule has 1 saturated carbocycles. The third-order valence-electron chi connectivity index (χ3n) is 4.11. The average Bonchev–Trinajstić information content (AvgIpc) is 2.41. The van der Waals surface area contributed by atoms with Crippen molar-refractivity contribution in [3.63, 3.8) is 0 Å². The number of carboxylic acid groups (broad SMARTS) is 1. The Labute approximate surface area is 115 Å². The molecule has 0 heterocycles. The van der Waals surface area contributed by atoms with Gasteiger partial charge in [0, 0.05) is 5.56 Å². The number of nitrogens with one attached hydrogen (secondary N) is 1. The van der Waals surface area contributed by atoms with E-state index in [0.717, 1.165) is 24.3 Å². The Bertz CT molecular complexity index is 407. The van der Waals surface area contributed by atoms with Gasteiger partial charge in [0.05, 0.1) is 12.0 Å². The highest BCUT2D eigenvalue weighted by Gasteiger charge is 2.24. The summed E-state index contributed by atoms with van der Waals surface area (Å²) >= 11 is 0. The Balaban J connectivity index is 2.03. The van der Waals surface area contributed by atoms with Crippen LogP contribution in [0.4, 0.5) is 0 Å². The van der Waals surface area contributed by atoms with Crippen LogP contribution in [0, 0.1) is 6.92 Å². The van der Waals surface area contributed by atoms with Gasteiger partial charge in [-0.2, -0.15) is 0 Å². The van der Waals surface area contributed by atoms with E-state index >= 15 is 0 Å². The van der Waals surface area contributed by atoms with E-state index in [-0.39, 0.29) is 6.54 Å².